The van der Waals surface area contributed by atoms with Crippen LogP contribution in [0.3, 0.4) is 0 Å². The molecule has 0 saturated carbocycles. The van der Waals surface area contributed by atoms with Gasteiger partial charge >= 0.3 is 5.97 Å². The number of rotatable bonds is 7. The molecule has 0 aromatic heterocycles. The maximum atomic E-state index is 12.3. The summed E-state index contributed by atoms with van der Waals surface area (Å²) in [6.07, 6.45) is 0.480. The van der Waals surface area contributed by atoms with Gasteiger partial charge in [-0.15, -0.1) is 0 Å². The molecule has 8 heteroatoms. The van der Waals surface area contributed by atoms with Crippen LogP contribution in [0.1, 0.15) is 23.7 Å². The zero-order valence-electron chi connectivity index (χ0n) is 12.0. The second-order valence-electron chi connectivity index (χ2n) is 4.72. The Kier molecular flexibility index (Phi) is 6.13. The SMILES string of the molecule is COC(=O)c1cc(N)ccc1S(=O)(=O)NCC(C)CCO. The summed E-state index contributed by atoms with van der Waals surface area (Å²) in [5.41, 5.74) is 5.73. The fourth-order valence-corrected chi connectivity index (χ4v) is 3.04. The van der Waals surface area contributed by atoms with Crippen molar-refractivity contribution in [1.29, 1.82) is 0 Å². The van der Waals surface area contributed by atoms with Crippen LogP contribution < -0.4 is 10.5 Å². The molecule has 0 aliphatic rings. The summed E-state index contributed by atoms with van der Waals surface area (Å²) in [6.45, 7) is 1.95. The first-order chi connectivity index (χ1) is 9.81. The van der Waals surface area contributed by atoms with E-state index < -0.39 is 16.0 Å². The number of hydrogen-bond acceptors (Lipinski definition) is 6. The fraction of sp³-hybridized carbons (Fsp3) is 0.462. The first kappa shape index (κ1) is 17.4. The van der Waals surface area contributed by atoms with Crippen molar-refractivity contribution in [2.24, 2.45) is 5.92 Å². The number of hydrogen-bond donors (Lipinski definition) is 3. The largest absolute Gasteiger partial charge is 0.465 e. The molecule has 7 nitrogen and oxygen atoms in total. The van der Waals surface area contributed by atoms with Crippen LogP contribution in [0.15, 0.2) is 23.1 Å². The first-order valence-electron chi connectivity index (χ1n) is 6.40. The molecule has 0 heterocycles. The second-order valence-corrected chi connectivity index (χ2v) is 6.45. The number of aliphatic hydroxyl groups excluding tert-OH is 1. The number of benzene rings is 1. The molecule has 0 amide bonds. The van der Waals surface area contributed by atoms with Gasteiger partial charge in [-0.05, 0) is 30.5 Å². The molecule has 1 aromatic carbocycles. The molecule has 21 heavy (non-hydrogen) atoms. The molecule has 0 fully saturated rings. The van der Waals surface area contributed by atoms with E-state index in [1.807, 2.05) is 6.92 Å². The van der Waals surface area contributed by atoms with E-state index >= 15 is 0 Å². The maximum absolute atomic E-state index is 12.3. The van der Waals surface area contributed by atoms with Crippen molar-refractivity contribution in [1.82, 2.24) is 4.72 Å². The summed E-state index contributed by atoms with van der Waals surface area (Å²) in [5, 5.41) is 8.81. The highest BCUT2D eigenvalue weighted by Crippen LogP contribution is 2.20. The van der Waals surface area contributed by atoms with Crippen LogP contribution in [0.2, 0.25) is 0 Å². The van der Waals surface area contributed by atoms with E-state index in [9.17, 15) is 13.2 Å². The number of ether oxygens (including phenoxy) is 1. The second kappa shape index (κ2) is 7.39. The number of nitrogen functional groups attached to an aromatic ring is 1. The molecule has 118 valence electrons. The lowest BCUT2D eigenvalue weighted by Crippen LogP contribution is -2.30. The average molecular weight is 316 g/mol. The summed E-state index contributed by atoms with van der Waals surface area (Å²) in [7, 11) is -2.70. The van der Waals surface area contributed by atoms with Gasteiger partial charge in [-0.1, -0.05) is 6.92 Å². The van der Waals surface area contributed by atoms with Gasteiger partial charge < -0.3 is 15.6 Å². The number of esters is 1. The predicted molar refractivity (Wildman–Crippen MR) is 78.2 cm³/mol. The monoisotopic (exact) mass is 316 g/mol. The van der Waals surface area contributed by atoms with Crippen LogP contribution in [-0.4, -0.2) is 39.8 Å². The molecule has 1 rings (SSSR count). The number of sulfonamides is 1. The zero-order chi connectivity index (χ0) is 16.0. The Balaban J connectivity index is 3.05. The van der Waals surface area contributed by atoms with E-state index in [4.69, 9.17) is 10.8 Å². The topological polar surface area (TPSA) is 119 Å². The maximum Gasteiger partial charge on any atom is 0.339 e. The van der Waals surface area contributed by atoms with Crippen LogP contribution in [0.5, 0.6) is 0 Å². The van der Waals surface area contributed by atoms with Gasteiger partial charge in [-0.2, -0.15) is 0 Å². The van der Waals surface area contributed by atoms with E-state index in [0.29, 0.717) is 6.42 Å². The number of anilines is 1. The van der Waals surface area contributed by atoms with Crippen molar-refractivity contribution < 1.29 is 23.1 Å². The van der Waals surface area contributed by atoms with Crippen LogP contribution in [0.25, 0.3) is 0 Å². The molecule has 0 spiro atoms. The molecule has 1 aromatic rings. The van der Waals surface area contributed by atoms with E-state index in [0.717, 1.165) is 0 Å². The standard InChI is InChI=1S/C13H20N2O5S/c1-9(5-6-16)8-15-21(18,19)12-4-3-10(14)7-11(12)13(17)20-2/h3-4,7,9,15-16H,5-6,8,14H2,1-2H3. The van der Waals surface area contributed by atoms with Crippen molar-refractivity contribution in [2.75, 3.05) is 26.0 Å². The molecule has 0 aliphatic heterocycles. The van der Waals surface area contributed by atoms with Crippen molar-refractivity contribution in [3.8, 4) is 0 Å². The third-order valence-electron chi connectivity index (χ3n) is 2.94. The van der Waals surface area contributed by atoms with Gasteiger partial charge in [-0.3, -0.25) is 0 Å². The molecule has 0 bridgehead atoms. The van der Waals surface area contributed by atoms with Gasteiger partial charge in [0.05, 0.1) is 17.6 Å². The lowest BCUT2D eigenvalue weighted by Gasteiger charge is -2.14. The van der Waals surface area contributed by atoms with Gasteiger partial charge in [0.15, 0.2) is 0 Å². The number of carbonyl (C=O) groups excluding carboxylic acids is 1. The molecular formula is C13H20N2O5S. The molecule has 0 aliphatic carbocycles. The summed E-state index contributed by atoms with van der Waals surface area (Å²) >= 11 is 0. The number of carbonyl (C=O) groups is 1. The molecule has 1 atom stereocenters. The number of nitrogens with two attached hydrogens (primary N) is 1. The number of methoxy groups -OCH3 is 1. The van der Waals surface area contributed by atoms with Crippen LogP contribution in [0, 0.1) is 5.92 Å². The minimum absolute atomic E-state index is 0.0157. The molecule has 0 saturated heterocycles. The Hall–Kier alpha value is -1.64. The van der Waals surface area contributed by atoms with Crippen molar-refractivity contribution in [3.63, 3.8) is 0 Å². The van der Waals surface area contributed by atoms with Crippen LogP contribution in [-0.2, 0) is 14.8 Å². The van der Waals surface area contributed by atoms with Gasteiger partial charge in [0.2, 0.25) is 10.0 Å². The number of nitrogens with one attached hydrogen (secondary N) is 1. The minimum Gasteiger partial charge on any atom is -0.465 e. The lowest BCUT2D eigenvalue weighted by molar-refractivity contribution is 0.0596. The van der Waals surface area contributed by atoms with Crippen molar-refractivity contribution in [2.45, 2.75) is 18.2 Å². The van der Waals surface area contributed by atoms with E-state index in [1.54, 1.807) is 0 Å². The molecule has 0 radical (unpaired) electrons. The van der Waals surface area contributed by atoms with Gasteiger partial charge in [0, 0.05) is 18.8 Å². The minimum atomic E-state index is -3.86. The van der Waals surface area contributed by atoms with Crippen LogP contribution >= 0.6 is 0 Å². The fourth-order valence-electron chi connectivity index (χ4n) is 1.70. The summed E-state index contributed by atoms with van der Waals surface area (Å²) in [4.78, 5) is 11.5. The van der Waals surface area contributed by atoms with Gasteiger partial charge in [-0.25, -0.2) is 17.9 Å². The Labute approximate surface area is 124 Å². The quantitative estimate of drug-likeness (QED) is 0.493. The number of aliphatic hydroxyl groups is 1. The highest BCUT2D eigenvalue weighted by molar-refractivity contribution is 7.89. The van der Waals surface area contributed by atoms with E-state index in [1.165, 1.54) is 25.3 Å². The molecule has 1 unspecified atom stereocenters. The zero-order valence-corrected chi connectivity index (χ0v) is 12.8. The summed E-state index contributed by atoms with van der Waals surface area (Å²) in [6, 6.07) is 3.93. The Morgan fingerprint density at radius 1 is 1.48 bits per heavy atom. The van der Waals surface area contributed by atoms with E-state index in [-0.39, 0.29) is 35.2 Å². The van der Waals surface area contributed by atoms with Crippen molar-refractivity contribution in [3.05, 3.63) is 23.8 Å². The molecule has 4 N–H and O–H groups in total. The highest BCUT2D eigenvalue weighted by atomic mass is 32.2. The van der Waals surface area contributed by atoms with Crippen molar-refractivity contribution >= 4 is 21.7 Å². The van der Waals surface area contributed by atoms with Gasteiger partial charge in [0.1, 0.15) is 0 Å². The van der Waals surface area contributed by atoms with Gasteiger partial charge in [0.25, 0.3) is 0 Å². The third kappa shape index (κ3) is 4.69. The van der Waals surface area contributed by atoms with E-state index in [2.05, 4.69) is 9.46 Å². The predicted octanol–water partition coefficient (Wildman–Crippen LogP) is 0.352. The average Bonchev–Trinajstić information content (AvgIpc) is 2.44. The Bertz CT molecular complexity index is 601. The third-order valence-corrected chi connectivity index (χ3v) is 4.42. The first-order valence-corrected chi connectivity index (χ1v) is 7.88. The summed E-state index contributed by atoms with van der Waals surface area (Å²) < 4.78 is 31.5. The lowest BCUT2D eigenvalue weighted by atomic mass is 10.1. The Morgan fingerprint density at radius 3 is 2.71 bits per heavy atom. The molecular weight excluding hydrogens is 296 g/mol. The summed E-state index contributed by atoms with van der Waals surface area (Å²) in [5.74, 6) is -0.800. The normalized spacial score (nSPS) is 12.9. The highest BCUT2D eigenvalue weighted by Gasteiger charge is 2.23. The van der Waals surface area contributed by atoms with Crippen LogP contribution in [0.4, 0.5) is 5.69 Å². The Morgan fingerprint density at radius 2 is 2.14 bits per heavy atom. The smallest absolute Gasteiger partial charge is 0.339 e.